The van der Waals surface area contributed by atoms with E-state index in [4.69, 9.17) is 33.7 Å². The van der Waals surface area contributed by atoms with Crippen molar-refractivity contribution in [1.29, 1.82) is 0 Å². The Kier molecular flexibility index (Phi) is 4.07. The predicted octanol–water partition coefficient (Wildman–Crippen LogP) is 4.20. The Hall–Kier alpha value is -1.29. The second-order valence-corrected chi connectivity index (χ2v) is 4.76. The average molecular weight is 283 g/mol. The lowest BCUT2D eigenvalue weighted by molar-refractivity contribution is 0.480. The van der Waals surface area contributed by atoms with Crippen molar-refractivity contribution in [2.45, 2.75) is 13.0 Å². The number of benzene rings is 1. The van der Waals surface area contributed by atoms with Gasteiger partial charge in [0, 0.05) is 18.3 Å². The summed E-state index contributed by atoms with van der Waals surface area (Å²) in [5.41, 5.74) is 6.73. The fraction of sp³-hybridized carbons (Fsp3) is 0.154. The molecule has 0 amide bonds. The standard InChI is InChI=1S/C13H12Cl2N2O/c1-8(16)9-2-3-13(12(15)4-9)18-11-5-10(14)6-17-7-11/h2-8H,16H2,1H3/t8-/m1/s1. The SMILES string of the molecule is C[C@@H](N)c1ccc(Oc2cncc(Cl)c2)c(Cl)c1. The van der Waals surface area contributed by atoms with Crippen LogP contribution in [0, 0.1) is 0 Å². The molecule has 0 saturated carbocycles. The van der Waals surface area contributed by atoms with Gasteiger partial charge in [-0.25, -0.2) is 0 Å². The zero-order valence-corrected chi connectivity index (χ0v) is 11.2. The van der Waals surface area contributed by atoms with E-state index in [0.717, 1.165) is 5.56 Å². The first-order valence-electron chi connectivity index (χ1n) is 5.39. The van der Waals surface area contributed by atoms with Crippen LogP contribution in [0.3, 0.4) is 0 Å². The van der Waals surface area contributed by atoms with Crippen molar-refractivity contribution in [3.8, 4) is 11.5 Å². The molecule has 0 radical (unpaired) electrons. The van der Waals surface area contributed by atoms with Crippen LogP contribution in [-0.2, 0) is 0 Å². The van der Waals surface area contributed by atoms with Gasteiger partial charge in [0.2, 0.25) is 0 Å². The Morgan fingerprint density at radius 1 is 1.22 bits per heavy atom. The molecule has 0 bridgehead atoms. The predicted molar refractivity (Wildman–Crippen MR) is 73.4 cm³/mol. The number of hydrogen-bond donors (Lipinski definition) is 1. The summed E-state index contributed by atoms with van der Waals surface area (Å²) in [6.07, 6.45) is 3.11. The quantitative estimate of drug-likeness (QED) is 0.918. The Bertz CT molecular complexity index is 558. The van der Waals surface area contributed by atoms with Crippen molar-refractivity contribution >= 4 is 23.2 Å². The van der Waals surface area contributed by atoms with Crippen LogP contribution in [0.4, 0.5) is 0 Å². The molecular formula is C13H12Cl2N2O. The molecule has 1 heterocycles. The van der Waals surface area contributed by atoms with Gasteiger partial charge in [0.25, 0.3) is 0 Å². The van der Waals surface area contributed by atoms with Gasteiger partial charge in [-0.15, -0.1) is 0 Å². The molecule has 0 aliphatic carbocycles. The summed E-state index contributed by atoms with van der Waals surface area (Å²) in [4.78, 5) is 3.94. The lowest BCUT2D eigenvalue weighted by atomic mass is 10.1. The van der Waals surface area contributed by atoms with E-state index in [1.807, 2.05) is 13.0 Å². The molecule has 0 aliphatic heterocycles. The topological polar surface area (TPSA) is 48.1 Å². The summed E-state index contributed by atoms with van der Waals surface area (Å²) in [6, 6.07) is 7.06. The summed E-state index contributed by atoms with van der Waals surface area (Å²) >= 11 is 12.0. The molecule has 1 aromatic carbocycles. The van der Waals surface area contributed by atoms with Crippen molar-refractivity contribution in [2.24, 2.45) is 5.73 Å². The molecule has 0 unspecified atom stereocenters. The first kappa shape index (κ1) is 13.1. The smallest absolute Gasteiger partial charge is 0.147 e. The van der Waals surface area contributed by atoms with Crippen molar-refractivity contribution in [1.82, 2.24) is 4.98 Å². The zero-order chi connectivity index (χ0) is 13.1. The lowest BCUT2D eigenvalue weighted by Crippen LogP contribution is -2.04. The van der Waals surface area contributed by atoms with Crippen molar-refractivity contribution < 1.29 is 4.74 Å². The van der Waals surface area contributed by atoms with E-state index in [2.05, 4.69) is 4.98 Å². The normalized spacial score (nSPS) is 12.2. The van der Waals surface area contributed by atoms with E-state index < -0.39 is 0 Å². The van der Waals surface area contributed by atoms with Gasteiger partial charge in [-0.2, -0.15) is 0 Å². The third-order valence-corrected chi connectivity index (χ3v) is 2.89. The van der Waals surface area contributed by atoms with Crippen LogP contribution in [0.5, 0.6) is 11.5 Å². The number of aromatic nitrogens is 1. The highest BCUT2D eigenvalue weighted by Crippen LogP contribution is 2.31. The second-order valence-electron chi connectivity index (χ2n) is 3.92. The second kappa shape index (κ2) is 5.57. The molecular weight excluding hydrogens is 271 g/mol. The maximum absolute atomic E-state index is 6.13. The number of rotatable bonds is 3. The number of hydrogen-bond acceptors (Lipinski definition) is 3. The van der Waals surface area contributed by atoms with Gasteiger partial charge in [0.05, 0.1) is 16.2 Å². The summed E-state index contributed by atoms with van der Waals surface area (Å²) in [7, 11) is 0. The largest absolute Gasteiger partial charge is 0.454 e. The number of ether oxygens (including phenoxy) is 1. The van der Waals surface area contributed by atoms with Gasteiger partial charge in [-0.3, -0.25) is 4.98 Å². The highest BCUT2D eigenvalue weighted by molar-refractivity contribution is 6.32. The van der Waals surface area contributed by atoms with Gasteiger partial charge >= 0.3 is 0 Å². The molecule has 0 fully saturated rings. The van der Waals surface area contributed by atoms with Crippen LogP contribution >= 0.6 is 23.2 Å². The Balaban J connectivity index is 2.24. The van der Waals surface area contributed by atoms with Crippen LogP contribution < -0.4 is 10.5 Å². The first-order chi connectivity index (χ1) is 8.56. The third kappa shape index (κ3) is 3.13. The Labute approximate surface area is 115 Å². The maximum Gasteiger partial charge on any atom is 0.147 e. The van der Waals surface area contributed by atoms with Gasteiger partial charge in [-0.05, 0) is 24.6 Å². The van der Waals surface area contributed by atoms with Gasteiger partial charge in [0.15, 0.2) is 0 Å². The van der Waals surface area contributed by atoms with E-state index in [1.165, 1.54) is 6.20 Å². The first-order valence-corrected chi connectivity index (χ1v) is 6.15. The van der Waals surface area contributed by atoms with Crippen molar-refractivity contribution in [2.75, 3.05) is 0 Å². The highest BCUT2D eigenvalue weighted by atomic mass is 35.5. The van der Waals surface area contributed by atoms with Crippen LogP contribution in [0.15, 0.2) is 36.7 Å². The molecule has 0 saturated heterocycles. The molecule has 1 atom stereocenters. The van der Waals surface area contributed by atoms with E-state index in [1.54, 1.807) is 24.4 Å². The summed E-state index contributed by atoms with van der Waals surface area (Å²) < 4.78 is 5.60. The summed E-state index contributed by atoms with van der Waals surface area (Å²) in [5.74, 6) is 1.09. The molecule has 0 aliphatic rings. The monoisotopic (exact) mass is 282 g/mol. The van der Waals surface area contributed by atoms with E-state index in [-0.39, 0.29) is 6.04 Å². The number of pyridine rings is 1. The minimum Gasteiger partial charge on any atom is -0.454 e. The molecule has 3 nitrogen and oxygen atoms in total. The van der Waals surface area contributed by atoms with Gasteiger partial charge in [0.1, 0.15) is 11.5 Å². The molecule has 2 aromatic rings. The molecule has 2 rings (SSSR count). The van der Waals surface area contributed by atoms with E-state index in [9.17, 15) is 0 Å². The van der Waals surface area contributed by atoms with E-state index >= 15 is 0 Å². The Morgan fingerprint density at radius 2 is 2.00 bits per heavy atom. The average Bonchev–Trinajstić information content (AvgIpc) is 2.31. The minimum atomic E-state index is -0.0654. The number of nitrogens with zero attached hydrogens (tertiary/aromatic N) is 1. The van der Waals surface area contributed by atoms with Crippen molar-refractivity contribution in [3.63, 3.8) is 0 Å². The molecule has 94 valence electrons. The van der Waals surface area contributed by atoms with Crippen LogP contribution in [-0.4, -0.2) is 4.98 Å². The highest BCUT2D eigenvalue weighted by Gasteiger charge is 2.07. The van der Waals surface area contributed by atoms with Gasteiger partial charge < -0.3 is 10.5 Å². The zero-order valence-electron chi connectivity index (χ0n) is 9.73. The maximum atomic E-state index is 6.13. The fourth-order valence-corrected chi connectivity index (χ4v) is 1.85. The third-order valence-electron chi connectivity index (χ3n) is 2.39. The summed E-state index contributed by atoms with van der Waals surface area (Å²) in [6.45, 7) is 1.90. The lowest BCUT2D eigenvalue weighted by Gasteiger charge is -2.10. The molecule has 1 aromatic heterocycles. The molecule has 18 heavy (non-hydrogen) atoms. The van der Waals surface area contributed by atoms with Crippen LogP contribution in [0.25, 0.3) is 0 Å². The van der Waals surface area contributed by atoms with Crippen LogP contribution in [0.2, 0.25) is 10.0 Å². The minimum absolute atomic E-state index is 0.0654. The molecule has 2 N–H and O–H groups in total. The molecule has 0 spiro atoms. The summed E-state index contributed by atoms with van der Waals surface area (Å²) in [5, 5.41) is 1.01. The van der Waals surface area contributed by atoms with Crippen molar-refractivity contribution in [3.05, 3.63) is 52.3 Å². The van der Waals surface area contributed by atoms with Gasteiger partial charge in [-0.1, -0.05) is 29.3 Å². The van der Waals surface area contributed by atoms with Crippen LogP contribution in [0.1, 0.15) is 18.5 Å². The Morgan fingerprint density at radius 3 is 2.61 bits per heavy atom. The number of halogens is 2. The van der Waals surface area contributed by atoms with E-state index in [0.29, 0.717) is 21.5 Å². The molecule has 5 heteroatoms. The fourth-order valence-electron chi connectivity index (χ4n) is 1.46. The number of nitrogens with two attached hydrogens (primary N) is 1.